The molecular weight excluding hydrogens is 331 g/mol. The largest absolute Gasteiger partial charge is 0.325 e. The third-order valence-electron chi connectivity index (χ3n) is 3.52. The summed E-state index contributed by atoms with van der Waals surface area (Å²) in [5.74, 6) is -0.967. The average molecular weight is 350 g/mol. The fraction of sp³-hybridized carbons (Fsp3) is 0.235. The highest BCUT2D eigenvalue weighted by atomic mass is 32.2. The fourth-order valence-electron chi connectivity index (χ4n) is 2.18. The Morgan fingerprint density at radius 2 is 1.75 bits per heavy atom. The molecule has 128 valence electrons. The monoisotopic (exact) mass is 350 g/mol. The average Bonchev–Trinajstić information content (AvgIpc) is 2.51. The van der Waals surface area contributed by atoms with E-state index in [1.165, 1.54) is 13.0 Å². The number of carbonyl (C=O) groups is 1. The molecule has 1 amide bonds. The second-order valence-corrected chi connectivity index (χ2v) is 7.37. The number of hydrogen-bond donors (Lipinski definition) is 2. The number of halogens is 1. The van der Waals surface area contributed by atoms with Crippen LogP contribution in [0.4, 0.5) is 10.1 Å². The van der Waals surface area contributed by atoms with E-state index in [0.717, 1.165) is 23.3 Å². The summed E-state index contributed by atoms with van der Waals surface area (Å²) in [7, 11) is -3.88. The highest BCUT2D eigenvalue weighted by molar-refractivity contribution is 7.89. The van der Waals surface area contributed by atoms with E-state index in [1.807, 2.05) is 26.0 Å². The summed E-state index contributed by atoms with van der Waals surface area (Å²) in [4.78, 5) is 11.9. The quantitative estimate of drug-likeness (QED) is 0.870. The van der Waals surface area contributed by atoms with E-state index in [2.05, 4.69) is 10.0 Å². The first-order valence-electron chi connectivity index (χ1n) is 7.32. The molecule has 0 aliphatic heterocycles. The number of anilines is 1. The molecule has 0 atom stereocenters. The van der Waals surface area contributed by atoms with Crippen molar-refractivity contribution >= 4 is 21.6 Å². The highest BCUT2D eigenvalue weighted by Gasteiger charge is 2.17. The van der Waals surface area contributed by atoms with E-state index in [1.54, 1.807) is 6.07 Å². The van der Waals surface area contributed by atoms with E-state index >= 15 is 0 Å². The van der Waals surface area contributed by atoms with Gasteiger partial charge < -0.3 is 5.32 Å². The van der Waals surface area contributed by atoms with Crippen molar-refractivity contribution in [2.45, 2.75) is 25.7 Å². The summed E-state index contributed by atoms with van der Waals surface area (Å²) in [5.41, 5.74) is 2.80. The first-order chi connectivity index (χ1) is 11.2. The Hall–Kier alpha value is -2.25. The van der Waals surface area contributed by atoms with Gasteiger partial charge in [-0.25, -0.2) is 17.5 Å². The number of nitrogens with one attached hydrogen (secondary N) is 2. The lowest BCUT2D eigenvalue weighted by molar-refractivity contribution is -0.115. The molecule has 0 unspecified atom stereocenters. The number of carbonyl (C=O) groups excluding carboxylic acids is 1. The molecule has 2 rings (SSSR count). The number of hydrogen-bond acceptors (Lipinski definition) is 3. The minimum absolute atomic E-state index is 0.0827. The number of aryl methyl sites for hydroxylation is 3. The molecule has 0 heterocycles. The van der Waals surface area contributed by atoms with Crippen LogP contribution < -0.4 is 10.0 Å². The lowest BCUT2D eigenvalue weighted by atomic mass is 10.1. The first-order valence-corrected chi connectivity index (χ1v) is 8.80. The molecule has 7 heteroatoms. The van der Waals surface area contributed by atoms with Crippen LogP contribution in [0.3, 0.4) is 0 Å². The third kappa shape index (κ3) is 4.39. The van der Waals surface area contributed by atoms with Crippen LogP contribution >= 0.6 is 0 Å². The lowest BCUT2D eigenvalue weighted by Crippen LogP contribution is -2.33. The van der Waals surface area contributed by atoms with Gasteiger partial charge in [-0.2, -0.15) is 0 Å². The Labute approximate surface area is 141 Å². The SMILES string of the molecule is Cc1ccc(NC(=O)CNS(=O)(=O)c2ccc(F)c(C)c2)c(C)c1. The summed E-state index contributed by atoms with van der Waals surface area (Å²) in [5, 5.41) is 2.66. The summed E-state index contributed by atoms with van der Waals surface area (Å²) in [6.45, 7) is 4.86. The number of benzene rings is 2. The van der Waals surface area contributed by atoms with Gasteiger partial charge in [-0.1, -0.05) is 17.7 Å². The zero-order valence-electron chi connectivity index (χ0n) is 13.7. The molecule has 2 aromatic carbocycles. The molecule has 0 fully saturated rings. The maximum Gasteiger partial charge on any atom is 0.241 e. The van der Waals surface area contributed by atoms with Crippen LogP contribution in [0.15, 0.2) is 41.3 Å². The zero-order chi connectivity index (χ0) is 17.9. The maximum absolute atomic E-state index is 13.2. The van der Waals surface area contributed by atoms with Gasteiger partial charge in [0.1, 0.15) is 5.82 Å². The smallest absolute Gasteiger partial charge is 0.241 e. The normalized spacial score (nSPS) is 11.3. The van der Waals surface area contributed by atoms with Crippen molar-refractivity contribution in [3.63, 3.8) is 0 Å². The lowest BCUT2D eigenvalue weighted by Gasteiger charge is -2.10. The van der Waals surface area contributed by atoms with Crippen LogP contribution in [0.25, 0.3) is 0 Å². The number of sulfonamides is 1. The molecule has 2 N–H and O–H groups in total. The number of rotatable bonds is 5. The molecule has 0 radical (unpaired) electrons. The van der Waals surface area contributed by atoms with Crippen molar-refractivity contribution in [1.29, 1.82) is 0 Å². The minimum atomic E-state index is -3.88. The van der Waals surface area contributed by atoms with Crippen LogP contribution in [0.1, 0.15) is 16.7 Å². The first kappa shape index (κ1) is 18.1. The van der Waals surface area contributed by atoms with Gasteiger partial charge in [-0.05, 0) is 56.2 Å². The molecule has 2 aromatic rings. The van der Waals surface area contributed by atoms with E-state index in [9.17, 15) is 17.6 Å². The molecule has 5 nitrogen and oxygen atoms in total. The van der Waals surface area contributed by atoms with Crippen LogP contribution in [0.5, 0.6) is 0 Å². The van der Waals surface area contributed by atoms with E-state index < -0.39 is 28.3 Å². The van der Waals surface area contributed by atoms with Crippen LogP contribution in [0, 0.1) is 26.6 Å². The van der Waals surface area contributed by atoms with Crippen molar-refractivity contribution < 1.29 is 17.6 Å². The number of amides is 1. The molecular formula is C17H19FN2O3S. The Morgan fingerprint density at radius 1 is 1.04 bits per heavy atom. The highest BCUT2D eigenvalue weighted by Crippen LogP contribution is 2.16. The van der Waals surface area contributed by atoms with Gasteiger partial charge in [-0.15, -0.1) is 0 Å². The maximum atomic E-state index is 13.2. The molecule has 0 bridgehead atoms. The molecule has 0 aliphatic carbocycles. The Bertz CT molecular complexity index is 879. The Kier molecular flexibility index (Phi) is 5.36. The third-order valence-corrected chi connectivity index (χ3v) is 4.92. The molecule has 0 spiro atoms. The van der Waals surface area contributed by atoms with Crippen molar-refractivity contribution in [2.75, 3.05) is 11.9 Å². The summed E-state index contributed by atoms with van der Waals surface area (Å²) >= 11 is 0. The topological polar surface area (TPSA) is 75.3 Å². The predicted octanol–water partition coefficient (Wildman–Crippen LogP) is 2.67. The molecule has 24 heavy (non-hydrogen) atoms. The van der Waals surface area contributed by atoms with Gasteiger partial charge in [0.25, 0.3) is 0 Å². The van der Waals surface area contributed by atoms with Gasteiger partial charge in [0.2, 0.25) is 15.9 Å². The Balaban J connectivity index is 2.03. The fourth-order valence-corrected chi connectivity index (χ4v) is 3.24. The zero-order valence-corrected chi connectivity index (χ0v) is 14.5. The van der Waals surface area contributed by atoms with E-state index in [0.29, 0.717) is 5.69 Å². The van der Waals surface area contributed by atoms with E-state index in [-0.39, 0.29) is 10.5 Å². The van der Waals surface area contributed by atoms with Crippen molar-refractivity contribution in [3.05, 3.63) is 58.9 Å². The van der Waals surface area contributed by atoms with Gasteiger partial charge in [0, 0.05) is 5.69 Å². The predicted molar refractivity (Wildman–Crippen MR) is 90.9 cm³/mol. The van der Waals surface area contributed by atoms with Crippen molar-refractivity contribution in [2.24, 2.45) is 0 Å². The van der Waals surface area contributed by atoms with Crippen molar-refractivity contribution in [1.82, 2.24) is 4.72 Å². The van der Waals surface area contributed by atoms with Crippen molar-refractivity contribution in [3.8, 4) is 0 Å². The van der Waals surface area contributed by atoms with Crippen LogP contribution in [-0.2, 0) is 14.8 Å². The van der Waals surface area contributed by atoms with Gasteiger partial charge >= 0.3 is 0 Å². The van der Waals surface area contributed by atoms with Gasteiger partial charge in [0.15, 0.2) is 0 Å². The molecule has 0 saturated heterocycles. The molecule has 0 aliphatic rings. The summed E-state index contributed by atoms with van der Waals surface area (Å²) in [6.07, 6.45) is 0. The summed E-state index contributed by atoms with van der Waals surface area (Å²) < 4.78 is 39.7. The van der Waals surface area contributed by atoms with Crippen LogP contribution in [0.2, 0.25) is 0 Å². The minimum Gasteiger partial charge on any atom is -0.325 e. The van der Waals surface area contributed by atoms with Crippen LogP contribution in [-0.4, -0.2) is 20.9 Å². The summed E-state index contributed by atoms with van der Waals surface area (Å²) in [6, 6.07) is 9.00. The second kappa shape index (κ2) is 7.11. The van der Waals surface area contributed by atoms with E-state index in [4.69, 9.17) is 0 Å². The van der Waals surface area contributed by atoms with Gasteiger partial charge in [-0.3, -0.25) is 4.79 Å². The standard InChI is InChI=1S/C17H19FN2O3S/c1-11-4-7-16(13(3)8-11)20-17(21)10-19-24(22,23)14-5-6-15(18)12(2)9-14/h4-9,19H,10H2,1-3H3,(H,20,21). The molecule has 0 aromatic heterocycles. The Morgan fingerprint density at radius 3 is 2.38 bits per heavy atom. The molecule has 0 saturated carbocycles. The van der Waals surface area contributed by atoms with Gasteiger partial charge in [0.05, 0.1) is 11.4 Å². The second-order valence-electron chi connectivity index (χ2n) is 5.60.